The Morgan fingerprint density at radius 3 is 2.47 bits per heavy atom. The zero-order valence-corrected chi connectivity index (χ0v) is 19.0. The van der Waals surface area contributed by atoms with Crippen LogP contribution in [0.1, 0.15) is 32.9 Å². The summed E-state index contributed by atoms with van der Waals surface area (Å²) in [7, 11) is 0. The molecular formula is C24H19Cl2N3O3. The molecule has 6 nitrogen and oxygen atoms in total. The number of aryl methyl sites for hydroxylation is 2. The molecule has 0 bridgehead atoms. The summed E-state index contributed by atoms with van der Waals surface area (Å²) in [5.41, 5.74) is 4.38. The number of carboxylic acid groups (broad SMARTS) is 1. The number of hydrogen-bond donors (Lipinski definition) is 2. The van der Waals surface area contributed by atoms with Gasteiger partial charge in [-0.15, -0.1) is 0 Å². The number of rotatable bonds is 5. The molecule has 3 rings (SSSR count). The maximum atomic E-state index is 12.7. The molecule has 0 fully saturated rings. The molecular weight excluding hydrogens is 449 g/mol. The van der Waals surface area contributed by atoms with Gasteiger partial charge in [0.2, 0.25) is 0 Å². The van der Waals surface area contributed by atoms with Gasteiger partial charge in [0.05, 0.1) is 21.3 Å². The van der Waals surface area contributed by atoms with Crippen molar-refractivity contribution in [2.24, 2.45) is 0 Å². The minimum Gasteiger partial charge on any atom is -0.478 e. The average molecular weight is 468 g/mol. The first-order chi connectivity index (χ1) is 15.1. The van der Waals surface area contributed by atoms with Crippen LogP contribution in [0.15, 0.2) is 48.0 Å². The molecule has 2 aromatic carbocycles. The smallest absolute Gasteiger partial charge is 0.335 e. The van der Waals surface area contributed by atoms with Gasteiger partial charge in [0.25, 0.3) is 5.91 Å². The van der Waals surface area contributed by atoms with E-state index >= 15 is 0 Å². The molecule has 0 saturated carbocycles. The van der Waals surface area contributed by atoms with Crippen molar-refractivity contribution in [3.05, 3.63) is 86.2 Å². The molecule has 2 N–H and O–H groups in total. The fourth-order valence-electron chi connectivity index (χ4n) is 3.44. The third kappa shape index (κ3) is 4.54. The second kappa shape index (κ2) is 9.31. The van der Waals surface area contributed by atoms with Crippen LogP contribution in [0.3, 0.4) is 0 Å². The first kappa shape index (κ1) is 23.1. The Labute approximate surface area is 195 Å². The van der Waals surface area contributed by atoms with E-state index in [4.69, 9.17) is 23.2 Å². The van der Waals surface area contributed by atoms with Crippen LogP contribution < -0.4 is 5.32 Å². The molecule has 32 heavy (non-hydrogen) atoms. The molecule has 0 aliphatic rings. The minimum absolute atomic E-state index is 0.0979. The summed E-state index contributed by atoms with van der Waals surface area (Å²) in [4.78, 5) is 23.9. The fraction of sp³-hybridized carbons (Fsp3) is 0.125. The molecule has 0 unspecified atom stereocenters. The van der Waals surface area contributed by atoms with Crippen LogP contribution in [0.5, 0.6) is 0 Å². The number of anilines is 1. The number of halogens is 2. The Hall–Kier alpha value is -3.53. The van der Waals surface area contributed by atoms with Crippen molar-refractivity contribution in [1.29, 1.82) is 5.26 Å². The van der Waals surface area contributed by atoms with Gasteiger partial charge in [-0.05, 0) is 74.4 Å². The predicted molar refractivity (Wildman–Crippen MR) is 126 cm³/mol. The van der Waals surface area contributed by atoms with E-state index in [1.54, 1.807) is 36.4 Å². The van der Waals surface area contributed by atoms with Crippen LogP contribution in [0, 0.1) is 32.1 Å². The normalized spacial score (nSPS) is 11.2. The average Bonchev–Trinajstić information content (AvgIpc) is 3.02. The van der Waals surface area contributed by atoms with Crippen LogP contribution >= 0.6 is 23.2 Å². The van der Waals surface area contributed by atoms with Gasteiger partial charge in [-0.25, -0.2) is 4.79 Å². The fourth-order valence-corrected chi connectivity index (χ4v) is 3.79. The molecule has 8 heteroatoms. The van der Waals surface area contributed by atoms with Gasteiger partial charge in [-0.3, -0.25) is 4.79 Å². The highest BCUT2D eigenvalue weighted by Crippen LogP contribution is 2.30. The quantitative estimate of drug-likeness (QED) is 0.357. The zero-order valence-electron chi connectivity index (χ0n) is 17.5. The second-order valence-corrected chi connectivity index (χ2v) is 7.98. The molecule has 0 aliphatic heterocycles. The monoisotopic (exact) mass is 467 g/mol. The van der Waals surface area contributed by atoms with E-state index in [2.05, 4.69) is 5.32 Å². The van der Waals surface area contributed by atoms with Gasteiger partial charge in [0, 0.05) is 17.1 Å². The third-order valence-electron chi connectivity index (χ3n) is 5.02. The van der Waals surface area contributed by atoms with Crippen LogP contribution in [0.2, 0.25) is 10.0 Å². The summed E-state index contributed by atoms with van der Waals surface area (Å²) in [6.07, 6.45) is 1.51. The topological polar surface area (TPSA) is 95.1 Å². The maximum absolute atomic E-state index is 12.7. The second-order valence-electron chi connectivity index (χ2n) is 7.19. The Morgan fingerprint density at radius 2 is 1.84 bits per heavy atom. The standard InChI is InChI=1S/C24H19Cl2N3O3/c1-13-9-16(24(31)32)7-8-21(13)29-14(2)10-17(15(29)3)11-18(12-27)23(30)28-20-6-4-5-19(25)22(20)26/h4-11H,1-3H3,(H,28,30)(H,31,32)/b18-11-. The number of carbonyl (C=O) groups excluding carboxylic acids is 1. The van der Waals surface area contributed by atoms with Gasteiger partial charge < -0.3 is 15.0 Å². The van der Waals surface area contributed by atoms with E-state index in [-0.39, 0.29) is 16.2 Å². The number of carboxylic acids is 1. The van der Waals surface area contributed by atoms with Crippen LogP contribution in [-0.2, 0) is 4.79 Å². The molecule has 1 heterocycles. The Balaban J connectivity index is 1.98. The zero-order chi connectivity index (χ0) is 23.6. The lowest BCUT2D eigenvalue weighted by atomic mass is 10.1. The van der Waals surface area contributed by atoms with Gasteiger partial charge in [-0.1, -0.05) is 29.3 Å². The lowest BCUT2D eigenvalue weighted by molar-refractivity contribution is -0.112. The SMILES string of the molecule is Cc1cc(C(=O)O)ccc1-n1c(C)cc(/C=C(/C#N)C(=O)Nc2cccc(Cl)c2Cl)c1C. The van der Waals surface area contributed by atoms with Crippen molar-refractivity contribution in [2.45, 2.75) is 20.8 Å². The molecule has 1 aromatic heterocycles. The molecule has 0 atom stereocenters. The molecule has 0 aliphatic carbocycles. The van der Waals surface area contributed by atoms with E-state index in [0.29, 0.717) is 16.3 Å². The lowest BCUT2D eigenvalue weighted by Gasteiger charge is -2.13. The van der Waals surface area contributed by atoms with Crippen LogP contribution in [-0.4, -0.2) is 21.6 Å². The predicted octanol–water partition coefficient (Wildman–Crippen LogP) is 5.95. The van der Waals surface area contributed by atoms with E-state index in [0.717, 1.165) is 22.6 Å². The first-order valence-electron chi connectivity index (χ1n) is 9.54. The number of aromatic nitrogens is 1. The van der Waals surface area contributed by atoms with E-state index in [1.165, 1.54) is 6.08 Å². The van der Waals surface area contributed by atoms with Crippen molar-refractivity contribution < 1.29 is 14.7 Å². The number of hydrogen-bond acceptors (Lipinski definition) is 3. The molecule has 1 amide bonds. The molecule has 0 radical (unpaired) electrons. The van der Waals surface area contributed by atoms with Crippen molar-refractivity contribution in [3.8, 4) is 11.8 Å². The summed E-state index contributed by atoms with van der Waals surface area (Å²) >= 11 is 12.1. The summed E-state index contributed by atoms with van der Waals surface area (Å²) < 4.78 is 1.95. The Kier molecular flexibility index (Phi) is 6.73. The molecule has 162 valence electrons. The van der Waals surface area contributed by atoms with Crippen molar-refractivity contribution in [2.75, 3.05) is 5.32 Å². The highest BCUT2D eigenvalue weighted by atomic mass is 35.5. The number of nitrogens with zero attached hydrogens (tertiary/aromatic N) is 2. The highest BCUT2D eigenvalue weighted by Gasteiger charge is 2.17. The number of aromatic carboxylic acids is 1. The van der Waals surface area contributed by atoms with Gasteiger partial charge in [-0.2, -0.15) is 5.26 Å². The summed E-state index contributed by atoms with van der Waals surface area (Å²) in [6.45, 7) is 5.59. The molecule has 3 aromatic rings. The van der Waals surface area contributed by atoms with Crippen molar-refractivity contribution in [1.82, 2.24) is 4.57 Å². The van der Waals surface area contributed by atoms with E-state index in [9.17, 15) is 20.0 Å². The Morgan fingerprint density at radius 1 is 1.12 bits per heavy atom. The van der Waals surface area contributed by atoms with Crippen LogP contribution in [0.4, 0.5) is 5.69 Å². The number of carbonyl (C=O) groups is 2. The van der Waals surface area contributed by atoms with Crippen molar-refractivity contribution >= 4 is 46.8 Å². The number of amides is 1. The van der Waals surface area contributed by atoms with E-state index in [1.807, 2.05) is 37.5 Å². The van der Waals surface area contributed by atoms with Crippen molar-refractivity contribution in [3.63, 3.8) is 0 Å². The minimum atomic E-state index is -0.992. The first-order valence-corrected chi connectivity index (χ1v) is 10.3. The highest BCUT2D eigenvalue weighted by molar-refractivity contribution is 6.44. The van der Waals surface area contributed by atoms with Gasteiger partial charge in [0.15, 0.2) is 0 Å². The summed E-state index contributed by atoms with van der Waals surface area (Å²) in [5.74, 6) is -1.60. The largest absolute Gasteiger partial charge is 0.478 e. The summed E-state index contributed by atoms with van der Waals surface area (Å²) in [5, 5.41) is 21.9. The van der Waals surface area contributed by atoms with Gasteiger partial charge >= 0.3 is 5.97 Å². The number of nitrogens with one attached hydrogen (secondary N) is 1. The Bertz CT molecular complexity index is 1320. The van der Waals surface area contributed by atoms with Crippen LogP contribution in [0.25, 0.3) is 11.8 Å². The number of benzene rings is 2. The molecule has 0 saturated heterocycles. The maximum Gasteiger partial charge on any atom is 0.335 e. The third-order valence-corrected chi connectivity index (χ3v) is 5.84. The summed E-state index contributed by atoms with van der Waals surface area (Å²) in [6, 6.07) is 13.5. The van der Waals surface area contributed by atoms with E-state index < -0.39 is 11.9 Å². The molecule has 0 spiro atoms. The number of nitriles is 1. The van der Waals surface area contributed by atoms with Gasteiger partial charge in [0.1, 0.15) is 11.6 Å². The lowest BCUT2D eigenvalue weighted by Crippen LogP contribution is -2.13.